The Hall–Kier alpha value is -1.39. The van der Waals surface area contributed by atoms with E-state index in [1.165, 1.54) is 7.11 Å². The van der Waals surface area contributed by atoms with Gasteiger partial charge in [-0.3, -0.25) is 4.79 Å². The molecule has 0 saturated carbocycles. The molecule has 0 bridgehead atoms. The monoisotopic (exact) mass is 223 g/mol. The summed E-state index contributed by atoms with van der Waals surface area (Å²) in [5.41, 5.74) is 7.33. The number of aryl methyl sites for hydroxylation is 1. The van der Waals surface area contributed by atoms with E-state index in [0.717, 1.165) is 11.1 Å². The van der Waals surface area contributed by atoms with E-state index in [0.29, 0.717) is 19.3 Å². The maximum Gasteiger partial charge on any atom is 0.305 e. The SMILES string of the molecule is COC(=O)CCc1ccc(CC(N)O)cc1. The molecule has 88 valence electrons. The second kappa shape index (κ2) is 6.25. The van der Waals surface area contributed by atoms with Crippen LogP contribution in [-0.4, -0.2) is 24.4 Å². The zero-order valence-corrected chi connectivity index (χ0v) is 9.35. The van der Waals surface area contributed by atoms with Gasteiger partial charge in [-0.2, -0.15) is 0 Å². The van der Waals surface area contributed by atoms with Crippen molar-refractivity contribution in [2.24, 2.45) is 5.73 Å². The molecule has 0 heterocycles. The van der Waals surface area contributed by atoms with Gasteiger partial charge in [0.2, 0.25) is 0 Å². The minimum absolute atomic E-state index is 0.207. The van der Waals surface area contributed by atoms with Gasteiger partial charge in [0.15, 0.2) is 0 Å². The topological polar surface area (TPSA) is 72.5 Å². The molecule has 1 aromatic carbocycles. The molecule has 0 amide bonds. The number of hydrogen-bond donors (Lipinski definition) is 2. The summed E-state index contributed by atoms with van der Waals surface area (Å²) < 4.78 is 4.56. The van der Waals surface area contributed by atoms with Crippen LogP contribution in [0.5, 0.6) is 0 Å². The fraction of sp³-hybridized carbons (Fsp3) is 0.417. The summed E-state index contributed by atoms with van der Waals surface area (Å²) in [5, 5.41) is 9.00. The first-order chi connectivity index (χ1) is 7.61. The molecule has 16 heavy (non-hydrogen) atoms. The molecule has 4 nitrogen and oxygen atoms in total. The number of hydrogen-bond acceptors (Lipinski definition) is 4. The van der Waals surface area contributed by atoms with E-state index >= 15 is 0 Å². The van der Waals surface area contributed by atoms with E-state index in [1.807, 2.05) is 24.3 Å². The molecule has 1 aromatic rings. The second-order valence-electron chi connectivity index (χ2n) is 3.66. The van der Waals surface area contributed by atoms with E-state index in [9.17, 15) is 4.79 Å². The van der Waals surface area contributed by atoms with Crippen molar-refractivity contribution in [1.29, 1.82) is 0 Å². The summed E-state index contributed by atoms with van der Waals surface area (Å²) in [6.07, 6.45) is 0.672. The van der Waals surface area contributed by atoms with Crippen molar-refractivity contribution in [2.45, 2.75) is 25.5 Å². The van der Waals surface area contributed by atoms with Gasteiger partial charge in [-0.15, -0.1) is 0 Å². The number of ether oxygens (including phenoxy) is 1. The number of aliphatic hydroxyl groups is 1. The lowest BCUT2D eigenvalue weighted by molar-refractivity contribution is -0.140. The zero-order valence-electron chi connectivity index (χ0n) is 9.35. The number of esters is 1. The summed E-state index contributed by atoms with van der Waals surface area (Å²) >= 11 is 0. The van der Waals surface area contributed by atoms with Crippen molar-refractivity contribution in [1.82, 2.24) is 0 Å². The minimum atomic E-state index is -0.819. The molecule has 0 aliphatic heterocycles. The van der Waals surface area contributed by atoms with Crippen LogP contribution in [0.15, 0.2) is 24.3 Å². The van der Waals surface area contributed by atoms with Crippen molar-refractivity contribution in [3.8, 4) is 0 Å². The van der Waals surface area contributed by atoms with Crippen LogP contribution in [0.3, 0.4) is 0 Å². The number of methoxy groups -OCH3 is 1. The van der Waals surface area contributed by atoms with Crippen LogP contribution < -0.4 is 5.73 Å². The van der Waals surface area contributed by atoms with E-state index in [1.54, 1.807) is 0 Å². The third kappa shape index (κ3) is 4.42. The number of nitrogens with two attached hydrogens (primary N) is 1. The quantitative estimate of drug-likeness (QED) is 0.566. The smallest absolute Gasteiger partial charge is 0.305 e. The predicted molar refractivity (Wildman–Crippen MR) is 60.7 cm³/mol. The van der Waals surface area contributed by atoms with Gasteiger partial charge >= 0.3 is 5.97 Å². The molecular weight excluding hydrogens is 206 g/mol. The first kappa shape index (κ1) is 12.7. The number of carbonyl (C=O) groups excluding carboxylic acids is 1. The lowest BCUT2D eigenvalue weighted by Crippen LogP contribution is -2.21. The summed E-state index contributed by atoms with van der Waals surface area (Å²) in [7, 11) is 1.38. The standard InChI is InChI=1S/C12H17NO3/c1-16-12(15)7-6-9-2-4-10(5-3-9)8-11(13)14/h2-5,11,14H,6-8,13H2,1H3. The average molecular weight is 223 g/mol. The Labute approximate surface area is 95.0 Å². The third-order valence-corrected chi connectivity index (χ3v) is 2.31. The number of aliphatic hydroxyl groups excluding tert-OH is 1. The molecule has 0 spiro atoms. The van der Waals surface area contributed by atoms with Gasteiger partial charge in [0.25, 0.3) is 0 Å². The van der Waals surface area contributed by atoms with Crippen molar-refractivity contribution in [2.75, 3.05) is 7.11 Å². The molecule has 0 aromatic heterocycles. The Morgan fingerprint density at radius 3 is 2.44 bits per heavy atom. The van der Waals surface area contributed by atoms with Crippen LogP contribution in [0.2, 0.25) is 0 Å². The third-order valence-electron chi connectivity index (χ3n) is 2.31. The molecule has 0 saturated heterocycles. The molecular formula is C12H17NO3. The first-order valence-corrected chi connectivity index (χ1v) is 5.20. The normalized spacial score (nSPS) is 12.2. The highest BCUT2D eigenvalue weighted by Gasteiger charge is 2.02. The molecule has 0 radical (unpaired) electrons. The maximum atomic E-state index is 10.9. The van der Waals surface area contributed by atoms with Gasteiger partial charge in [0.1, 0.15) is 6.23 Å². The maximum absolute atomic E-state index is 10.9. The van der Waals surface area contributed by atoms with Gasteiger partial charge in [0, 0.05) is 12.8 Å². The van der Waals surface area contributed by atoms with Crippen LogP contribution in [0, 0.1) is 0 Å². The van der Waals surface area contributed by atoms with E-state index < -0.39 is 6.23 Å². The van der Waals surface area contributed by atoms with Crippen molar-refractivity contribution >= 4 is 5.97 Å². The lowest BCUT2D eigenvalue weighted by Gasteiger charge is -2.05. The molecule has 0 aliphatic rings. The van der Waals surface area contributed by atoms with E-state index in [-0.39, 0.29) is 5.97 Å². The fourth-order valence-electron chi connectivity index (χ4n) is 1.43. The van der Waals surface area contributed by atoms with Gasteiger partial charge in [-0.05, 0) is 17.5 Å². The number of carbonyl (C=O) groups is 1. The highest BCUT2D eigenvalue weighted by Crippen LogP contribution is 2.08. The van der Waals surface area contributed by atoms with Gasteiger partial charge in [0.05, 0.1) is 7.11 Å². The Morgan fingerprint density at radius 2 is 1.94 bits per heavy atom. The zero-order chi connectivity index (χ0) is 12.0. The minimum Gasteiger partial charge on any atom is -0.469 e. The van der Waals surface area contributed by atoms with Crippen LogP contribution >= 0.6 is 0 Å². The van der Waals surface area contributed by atoms with Crippen molar-refractivity contribution in [3.05, 3.63) is 35.4 Å². The molecule has 1 rings (SSSR count). The lowest BCUT2D eigenvalue weighted by atomic mass is 10.1. The van der Waals surface area contributed by atoms with Crippen LogP contribution in [0.25, 0.3) is 0 Å². The number of benzene rings is 1. The van der Waals surface area contributed by atoms with Gasteiger partial charge in [-0.25, -0.2) is 0 Å². The Balaban J connectivity index is 2.48. The van der Waals surface area contributed by atoms with Crippen LogP contribution in [-0.2, 0) is 22.4 Å². The summed E-state index contributed by atoms with van der Waals surface area (Å²) in [6.45, 7) is 0. The second-order valence-corrected chi connectivity index (χ2v) is 3.66. The molecule has 0 aliphatic carbocycles. The van der Waals surface area contributed by atoms with Crippen LogP contribution in [0.1, 0.15) is 17.5 Å². The molecule has 0 fully saturated rings. The summed E-state index contributed by atoms with van der Waals surface area (Å²) in [6, 6.07) is 7.67. The molecule has 3 N–H and O–H groups in total. The Kier molecular flexibility index (Phi) is 4.95. The highest BCUT2D eigenvalue weighted by atomic mass is 16.5. The Bertz CT molecular complexity index is 333. The Morgan fingerprint density at radius 1 is 1.38 bits per heavy atom. The largest absolute Gasteiger partial charge is 0.469 e. The van der Waals surface area contributed by atoms with E-state index in [4.69, 9.17) is 10.8 Å². The fourth-order valence-corrected chi connectivity index (χ4v) is 1.43. The van der Waals surface area contributed by atoms with Crippen molar-refractivity contribution in [3.63, 3.8) is 0 Å². The first-order valence-electron chi connectivity index (χ1n) is 5.20. The van der Waals surface area contributed by atoms with Gasteiger partial charge < -0.3 is 15.6 Å². The van der Waals surface area contributed by atoms with E-state index in [2.05, 4.69) is 4.74 Å². The van der Waals surface area contributed by atoms with Gasteiger partial charge in [-0.1, -0.05) is 24.3 Å². The average Bonchev–Trinajstić information content (AvgIpc) is 2.27. The highest BCUT2D eigenvalue weighted by molar-refractivity contribution is 5.69. The molecule has 4 heteroatoms. The summed E-state index contributed by atoms with van der Waals surface area (Å²) in [4.78, 5) is 10.9. The molecule has 1 unspecified atom stereocenters. The predicted octanol–water partition coefficient (Wildman–Crippen LogP) is 0.612. The van der Waals surface area contributed by atoms with Crippen molar-refractivity contribution < 1.29 is 14.6 Å². The number of rotatable bonds is 5. The summed E-state index contributed by atoms with van der Waals surface area (Å²) in [5.74, 6) is -0.207. The molecule has 1 atom stereocenters. The van der Waals surface area contributed by atoms with Crippen LogP contribution in [0.4, 0.5) is 0 Å².